The molecule has 174 valence electrons. The lowest BCUT2D eigenvalue weighted by Gasteiger charge is -2.10. The summed E-state index contributed by atoms with van der Waals surface area (Å²) >= 11 is 0. The Labute approximate surface area is 198 Å². The summed E-state index contributed by atoms with van der Waals surface area (Å²) in [4.78, 5) is 41.5. The van der Waals surface area contributed by atoms with E-state index in [-0.39, 0.29) is 5.58 Å². The summed E-state index contributed by atoms with van der Waals surface area (Å²) in [5.74, 6) is -0.0941. The molecule has 35 heavy (non-hydrogen) atoms. The van der Waals surface area contributed by atoms with Crippen LogP contribution in [-0.2, 0) is 20.9 Å². The van der Waals surface area contributed by atoms with E-state index in [1.54, 1.807) is 42.5 Å². The minimum Gasteiger partial charge on any atom is -0.457 e. The topological polar surface area (TPSA) is 113 Å². The first-order valence-electron chi connectivity index (χ1n) is 10.7. The van der Waals surface area contributed by atoms with Gasteiger partial charge in [0, 0.05) is 17.1 Å². The highest BCUT2D eigenvalue weighted by Crippen LogP contribution is 2.25. The van der Waals surface area contributed by atoms with E-state index in [0.29, 0.717) is 33.7 Å². The van der Waals surface area contributed by atoms with Gasteiger partial charge in [-0.1, -0.05) is 36.4 Å². The number of aromatic nitrogens is 2. The van der Waals surface area contributed by atoms with Gasteiger partial charge in [0.25, 0.3) is 11.5 Å². The van der Waals surface area contributed by atoms with Crippen LogP contribution in [-0.4, -0.2) is 28.0 Å². The highest BCUT2D eigenvalue weighted by Gasteiger charge is 2.16. The van der Waals surface area contributed by atoms with Crippen LogP contribution >= 0.6 is 0 Å². The molecular formula is C26H19N3O6. The van der Waals surface area contributed by atoms with Gasteiger partial charge in [0.05, 0.1) is 6.33 Å². The molecule has 2 aromatic heterocycles. The average molecular weight is 469 g/mol. The molecule has 0 aliphatic heterocycles. The number of anilines is 1. The predicted octanol–water partition coefficient (Wildman–Crippen LogP) is 4.12. The van der Waals surface area contributed by atoms with Crippen molar-refractivity contribution in [2.24, 2.45) is 0 Å². The fourth-order valence-electron chi connectivity index (χ4n) is 3.52. The molecule has 0 fully saturated rings. The van der Waals surface area contributed by atoms with Crippen molar-refractivity contribution in [3.05, 3.63) is 95.5 Å². The third kappa shape index (κ3) is 4.88. The number of ether oxygens (including phenoxy) is 2. The Morgan fingerprint density at radius 3 is 2.57 bits per heavy atom. The maximum atomic E-state index is 12.7. The minimum absolute atomic E-state index is 0.0526. The molecule has 0 unspecified atom stereocenters. The smallest absolute Gasteiger partial charge is 0.326 e. The molecule has 0 saturated carbocycles. The summed E-state index contributed by atoms with van der Waals surface area (Å²) in [5.41, 5.74) is 0.977. The maximum Gasteiger partial charge on any atom is 0.326 e. The normalized spacial score (nSPS) is 10.9. The lowest BCUT2D eigenvalue weighted by atomic mass is 10.2. The second-order valence-electron chi connectivity index (χ2n) is 7.61. The van der Waals surface area contributed by atoms with E-state index >= 15 is 0 Å². The molecule has 3 aromatic carbocycles. The lowest BCUT2D eigenvalue weighted by Crippen LogP contribution is -2.27. The number of hydrogen-bond acceptors (Lipinski definition) is 7. The Balaban J connectivity index is 1.18. The Hall–Kier alpha value is -4.92. The Bertz CT molecular complexity index is 1590. The zero-order valence-electron chi connectivity index (χ0n) is 18.3. The number of para-hydroxylation sites is 2. The van der Waals surface area contributed by atoms with Crippen molar-refractivity contribution in [1.82, 2.24) is 9.55 Å². The van der Waals surface area contributed by atoms with Crippen LogP contribution in [0.3, 0.4) is 0 Å². The maximum absolute atomic E-state index is 12.7. The first kappa shape index (κ1) is 21.9. The van der Waals surface area contributed by atoms with Gasteiger partial charge in [-0.2, -0.15) is 0 Å². The summed E-state index contributed by atoms with van der Waals surface area (Å²) in [6, 6.07) is 23.2. The number of esters is 1. The summed E-state index contributed by atoms with van der Waals surface area (Å²) < 4.78 is 17.4. The number of carbonyl (C=O) groups is 2. The van der Waals surface area contributed by atoms with Gasteiger partial charge < -0.3 is 19.2 Å². The number of carbonyl (C=O) groups excluding carboxylic acids is 2. The highest BCUT2D eigenvalue weighted by atomic mass is 16.5. The molecule has 5 aromatic rings. The number of furan rings is 1. The number of nitrogens with one attached hydrogen (secondary N) is 1. The lowest BCUT2D eigenvalue weighted by molar-refractivity contribution is -0.147. The van der Waals surface area contributed by atoms with Crippen molar-refractivity contribution in [2.75, 3.05) is 11.9 Å². The zero-order valence-corrected chi connectivity index (χ0v) is 18.3. The second-order valence-corrected chi connectivity index (χ2v) is 7.61. The Kier molecular flexibility index (Phi) is 5.96. The van der Waals surface area contributed by atoms with Gasteiger partial charge in [0.15, 0.2) is 6.61 Å². The van der Waals surface area contributed by atoms with Crippen molar-refractivity contribution in [3.63, 3.8) is 0 Å². The summed E-state index contributed by atoms with van der Waals surface area (Å²) in [6.45, 7) is -0.926. The number of rotatable bonds is 7. The fraction of sp³-hybridized carbons (Fsp3) is 0.0769. The SMILES string of the molecule is O=C(COC(=O)Cn1cnc2c(oc3ccccc32)c1=O)Nc1cccc(Oc2ccccc2)c1. The van der Waals surface area contributed by atoms with Crippen LogP contribution in [0.15, 0.2) is 94.4 Å². The van der Waals surface area contributed by atoms with E-state index in [9.17, 15) is 14.4 Å². The Morgan fingerprint density at radius 2 is 1.71 bits per heavy atom. The van der Waals surface area contributed by atoms with Crippen molar-refractivity contribution in [3.8, 4) is 11.5 Å². The number of hydrogen-bond donors (Lipinski definition) is 1. The van der Waals surface area contributed by atoms with Crippen molar-refractivity contribution in [2.45, 2.75) is 6.54 Å². The molecule has 0 aliphatic carbocycles. The summed E-state index contributed by atoms with van der Waals surface area (Å²) in [7, 11) is 0. The van der Waals surface area contributed by atoms with Crippen LogP contribution in [0.4, 0.5) is 5.69 Å². The van der Waals surface area contributed by atoms with Crippen molar-refractivity contribution < 1.29 is 23.5 Å². The quantitative estimate of drug-likeness (QED) is 0.357. The highest BCUT2D eigenvalue weighted by molar-refractivity contribution is 6.01. The van der Waals surface area contributed by atoms with E-state index in [1.807, 2.05) is 36.4 Å². The van der Waals surface area contributed by atoms with Gasteiger partial charge in [-0.15, -0.1) is 0 Å². The first-order chi connectivity index (χ1) is 17.1. The van der Waals surface area contributed by atoms with Crippen LogP contribution in [0.1, 0.15) is 0 Å². The van der Waals surface area contributed by atoms with E-state index < -0.39 is 30.6 Å². The molecule has 0 spiro atoms. The second kappa shape index (κ2) is 9.52. The molecule has 9 heteroatoms. The largest absolute Gasteiger partial charge is 0.457 e. The van der Waals surface area contributed by atoms with E-state index in [4.69, 9.17) is 13.9 Å². The van der Waals surface area contributed by atoms with Gasteiger partial charge in [-0.25, -0.2) is 4.98 Å². The molecule has 1 amide bonds. The monoisotopic (exact) mass is 469 g/mol. The molecule has 0 aliphatic rings. The van der Waals surface area contributed by atoms with E-state index in [1.165, 1.54) is 6.33 Å². The third-order valence-electron chi connectivity index (χ3n) is 5.11. The molecule has 0 bridgehead atoms. The van der Waals surface area contributed by atoms with E-state index in [2.05, 4.69) is 10.3 Å². The number of fused-ring (bicyclic) bond motifs is 3. The first-order valence-corrected chi connectivity index (χ1v) is 10.7. The van der Waals surface area contributed by atoms with Crippen LogP contribution in [0.2, 0.25) is 0 Å². The molecule has 9 nitrogen and oxygen atoms in total. The van der Waals surface area contributed by atoms with Crippen LogP contribution in [0.25, 0.3) is 22.1 Å². The van der Waals surface area contributed by atoms with Gasteiger partial charge in [-0.05, 0) is 36.4 Å². The van der Waals surface area contributed by atoms with Gasteiger partial charge >= 0.3 is 5.97 Å². The number of amides is 1. The molecule has 0 saturated heterocycles. The molecule has 5 rings (SSSR count). The van der Waals surface area contributed by atoms with Gasteiger partial charge in [-0.3, -0.25) is 19.0 Å². The summed E-state index contributed by atoms with van der Waals surface area (Å²) in [6.07, 6.45) is 1.26. The van der Waals surface area contributed by atoms with Gasteiger partial charge in [0.1, 0.15) is 29.1 Å². The molecule has 2 heterocycles. The van der Waals surface area contributed by atoms with Crippen molar-refractivity contribution >= 4 is 39.6 Å². The molecule has 1 N–H and O–H groups in total. The van der Waals surface area contributed by atoms with E-state index in [0.717, 1.165) is 4.57 Å². The Morgan fingerprint density at radius 1 is 0.943 bits per heavy atom. The predicted molar refractivity (Wildman–Crippen MR) is 128 cm³/mol. The molecule has 0 radical (unpaired) electrons. The summed E-state index contributed by atoms with van der Waals surface area (Å²) in [5, 5.41) is 3.36. The average Bonchev–Trinajstić information content (AvgIpc) is 3.25. The third-order valence-corrected chi connectivity index (χ3v) is 5.11. The van der Waals surface area contributed by atoms with Crippen LogP contribution < -0.4 is 15.6 Å². The standard InChI is InChI=1S/C26H19N3O6/c30-22(28-17-7-6-10-19(13-17)34-18-8-2-1-3-9-18)15-33-23(31)14-29-16-27-24-20-11-4-5-12-21(20)35-25(24)26(29)32/h1-13,16H,14-15H2,(H,28,30). The van der Waals surface area contributed by atoms with Crippen molar-refractivity contribution in [1.29, 1.82) is 0 Å². The minimum atomic E-state index is -0.763. The van der Waals surface area contributed by atoms with Gasteiger partial charge in [0.2, 0.25) is 5.58 Å². The number of nitrogens with zero attached hydrogens (tertiary/aromatic N) is 2. The fourth-order valence-corrected chi connectivity index (χ4v) is 3.52. The van der Waals surface area contributed by atoms with Crippen LogP contribution in [0, 0.1) is 0 Å². The van der Waals surface area contributed by atoms with Crippen LogP contribution in [0.5, 0.6) is 11.5 Å². The molecule has 0 atom stereocenters. The zero-order chi connectivity index (χ0) is 24.2. The number of benzene rings is 3. The molecular weight excluding hydrogens is 450 g/mol.